The molecule has 1 N–H and O–H groups in total. The van der Waals surface area contributed by atoms with Gasteiger partial charge in [0.2, 0.25) is 0 Å². The molecule has 0 bridgehead atoms. The highest BCUT2D eigenvalue weighted by Gasteiger charge is 2.18. The Morgan fingerprint density at radius 2 is 2.05 bits per heavy atom. The number of rotatable bonds is 5. The van der Waals surface area contributed by atoms with Crippen LogP contribution in [0.5, 0.6) is 5.75 Å². The van der Waals surface area contributed by atoms with E-state index in [-0.39, 0.29) is 17.4 Å². The van der Waals surface area contributed by atoms with Gasteiger partial charge in [0.1, 0.15) is 5.75 Å². The topological polar surface area (TPSA) is 69.0 Å². The summed E-state index contributed by atoms with van der Waals surface area (Å²) in [5, 5.41) is 10.3. The van der Waals surface area contributed by atoms with Crippen molar-refractivity contribution in [2.75, 3.05) is 7.05 Å². The van der Waals surface area contributed by atoms with Crippen LogP contribution in [0.2, 0.25) is 0 Å². The van der Waals surface area contributed by atoms with E-state index < -0.39 is 6.61 Å². The molecule has 112 valence electrons. The lowest BCUT2D eigenvalue weighted by Gasteiger charge is -2.08. The zero-order chi connectivity index (χ0) is 15.4. The normalized spacial score (nSPS) is 10.7. The number of nitrogens with zero attached hydrogens (tertiary/aromatic N) is 3. The summed E-state index contributed by atoms with van der Waals surface area (Å²) in [6, 6.07) is 5.95. The predicted molar refractivity (Wildman–Crippen MR) is 70.8 cm³/mol. The van der Waals surface area contributed by atoms with Crippen LogP contribution < -0.4 is 10.1 Å². The summed E-state index contributed by atoms with van der Waals surface area (Å²) >= 11 is 0. The van der Waals surface area contributed by atoms with E-state index in [1.807, 2.05) is 6.92 Å². The quantitative estimate of drug-likeness (QED) is 0.913. The molecule has 1 aromatic carbocycles. The fraction of sp³-hybridized carbons (Fsp3) is 0.308. The molecule has 21 heavy (non-hydrogen) atoms. The van der Waals surface area contributed by atoms with Gasteiger partial charge in [-0.3, -0.25) is 4.79 Å². The molecule has 0 unspecified atom stereocenters. The van der Waals surface area contributed by atoms with Crippen molar-refractivity contribution in [1.82, 2.24) is 20.3 Å². The van der Waals surface area contributed by atoms with Gasteiger partial charge in [0.15, 0.2) is 5.69 Å². The van der Waals surface area contributed by atoms with Crippen molar-refractivity contribution in [3.8, 4) is 11.4 Å². The van der Waals surface area contributed by atoms with E-state index in [4.69, 9.17) is 0 Å². The number of alkyl halides is 2. The van der Waals surface area contributed by atoms with Crippen molar-refractivity contribution in [2.24, 2.45) is 0 Å². The summed E-state index contributed by atoms with van der Waals surface area (Å²) in [5.74, 6) is -0.269. The van der Waals surface area contributed by atoms with Gasteiger partial charge in [-0.25, -0.2) is 4.68 Å². The molecule has 1 amide bonds. The largest absolute Gasteiger partial charge is 0.435 e. The first-order valence-corrected chi connectivity index (χ1v) is 6.28. The van der Waals surface area contributed by atoms with Gasteiger partial charge in [-0.1, -0.05) is 12.1 Å². The number of aromatic nitrogens is 3. The maximum atomic E-state index is 12.1. The highest BCUT2D eigenvalue weighted by Crippen LogP contribution is 2.19. The number of carbonyl (C=O) groups excluding carboxylic acids is 1. The molecule has 2 aromatic rings. The number of halogens is 2. The third kappa shape index (κ3) is 3.15. The molecule has 0 saturated carbocycles. The fourth-order valence-corrected chi connectivity index (χ4v) is 1.89. The molecule has 1 aromatic heterocycles. The first-order valence-electron chi connectivity index (χ1n) is 6.28. The number of hydrogen-bond acceptors (Lipinski definition) is 4. The molecule has 1 heterocycles. The van der Waals surface area contributed by atoms with E-state index in [9.17, 15) is 13.6 Å². The minimum absolute atomic E-state index is 0.0541. The summed E-state index contributed by atoms with van der Waals surface area (Å²) in [6.45, 7) is -0.996. The minimum Gasteiger partial charge on any atom is -0.435 e. The van der Waals surface area contributed by atoms with Crippen LogP contribution >= 0.6 is 0 Å². The zero-order valence-corrected chi connectivity index (χ0v) is 11.5. The van der Waals surface area contributed by atoms with Crippen LogP contribution in [0, 0.1) is 0 Å². The molecular formula is C13H14F2N4O2. The van der Waals surface area contributed by atoms with Crippen molar-refractivity contribution in [3.63, 3.8) is 0 Å². The van der Waals surface area contributed by atoms with Gasteiger partial charge in [-0.2, -0.15) is 8.78 Å². The Kier molecular flexibility index (Phi) is 4.46. The SMILES string of the molecule is CCc1c(C(=O)NC)nnn1-c1ccc(OC(F)F)cc1. The van der Waals surface area contributed by atoms with Gasteiger partial charge in [-0.15, -0.1) is 5.10 Å². The summed E-state index contributed by atoms with van der Waals surface area (Å²) < 4.78 is 30.0. The smallest absolute Gasteiger partial charge is 0.387 e. The van der Waals surface area contributed by atoms with Gasteiger partial charge in [0.05, 0.1) is 11.4 Å². The molecule has 0 atom stereocenters. The van der Waals surface area contributed by atoms with Crippen LogP contribution in [0.15, 0.2) is 24.3 Å². The van der Waals surface area contributed by atoms with Crippen molar-refractivity contribution < 1.29 is 18.3 Å². The van der Waals surface area contributed by atoms with Crippen LogP contribution in [0.1, 0.15) is 23.1 Å². The molecule has 2 rings (SSSR count). The highest BCUT2D eigenvalue weighted by molar-refractivity contribution is 5.93. The lowest BCUT2D eigenvalue weighted by atomic mass is 10.2. The zero-order valence-electron chi connectivity index (χ0n) is 11.5. The van der Waals surface area contributed by atoms with Crippen LogP contribution in [-0.2, 0) is 6.42 Å². The summed E-state index contributed by atoms with van der Waals surface area (Å²) in [4.78, 5) is 11.7. The first-order chi connectivity index (χ1) is 10.1. The van der Waals surface area contributed by atoms with Crippen LogP contribution in [-0.4, -0.2) is 34.6 Å². The maximum Gasteiger partial charge on any atom is 0.387 e. The fourth-order valence-electron chi connectivity index (χ4n) is 1.89. The highest BCUT2D eigenvalue weighted by atomic mass is 19.3. The van der Waals surface area contributed by atoms with E-state index in [1.165, 1.54) is 23.9 Å². The van der Waals surface area contributed by atoms with E-state index in [2.05, 4.69) is 20.4 Å². The van der Waals surface area contributed by atoms with Crippen molar-refractivity contribution >= 4 is 5.91 Å². The summed E-state index contributed by atoms with van der Waals surface area (Å²) in [6.07, 6.45) is 0.547. The monoisotopic (exact) mass is 296 g/mol. The Morgan fingerprint density at radius 3 is 2.57 bits per heavy atom. The van der Waals surface area contributed by atoms with Crippen molar-refractivity contribution in [1.29, 1.82) is 0 Å². The predicted octanol–water partition coefficient (Wildman–Crippen LogP) is 1.79. The Bertz CT molecular complexity index is 626. The number of ether oxygens (including phenoxy) is 1. The van der Waals surface area contributed by atoms with E-state index in [0.717, 1.165) is 0 Å². The molecule has 0 radical (unpaired) electrons. The van der Waals surface area contributed by atoms with Gasteiger partial charge < -0.3 is 10.1 Å². The minimum atomic E-state index is -2.87. The molecule has 0 aliphatic rings. The van der Waals surface area contributed by atoms with E-state index in [0.29, 0.717) is 17.8 Å². The molecule has 0 saturated heterocycles. The Hall–Kier alpha value is -2.51. The van der Waals surface area contributed by atoms with Gasteiger partial charge >= 0.3 is 6.61 Å². The van der Waals surface area contributed by atoms with Crippen molar-refractivity contribution in [3.05, 3.63) is 35.7 Å². The number of nitrogens with one attached hydrogen (secondary N) is 1. The molecule has 0 fully saturated rings. The second kappa shape index (κ2) is 6.29. The Labute approximate surface area is 119 Å². The average Bonchev–Trinajstić information content (AvgIpc) is 2.90. The van der Waals surface area contributed by atoms with Gasteiger partial charge in [-0.05, 0) is 30.7 Å². The van der Waals surface area contributed by atoms with Gasteiger partial charge in [0, 0.05) is 7.05 Å². The first kappa shape index (κ1) is 14.9. The average molecular weight is 296 g/mol. The molecule has 8 heteroatoms. The number of carbonyl (C=O) groups is 1. The van der Waals surface area contributed by atoms with Crippen LogP contribution in [0.4, 0.5) is 8.78 Å². The van der Waals surface area contributed by atoms with Crippen LogP contribution in [0.25, 0.3) is 5.69 Å². The van der Waals surface area contributed by atoms with Crippen LogP contribution in [0.3, 0.4) is 0 Å². The Morgan fingerprint density at radius 1 is 1.38 bits per heavy atom. The third-order valence-electron chi connectivity index (χ3n) is 2.85. The summed E-state index contributed by atoms with van der Waals surface area (Å²) in [5.41, 5.74) is 1.49. The Balaban J connectivity index is 2.33. The maximum absolute atomic E-state index is 12.1. The summed E-state index contributed by atoms with van der Waals surface area (Å²) in [7, 11) is 1.51. The lowest BCUT2D eigenvalue weighted by Crippen LogP contribution is -2.20. The molecule has 0 aliphatic heterocycles. The second-order valence-corrected chi connectivity index (χ2v) is 4.10. The van der Waals surface area contributed by atoms with Crippen molar-refractivity contribution in [2.45, 2.75) is 20.0 Å². The molecule has 6 nitrogen and oxygen atoms in total. The lowest BCUT2D eigenvalue weighted by molar-refractivity contribution is -0.0498. The number of amides is 1. The second-order valence-electron chi connectivity index (χ2n) is 4.10. The standard InChI is InChI=1S/C13H14F2N4O2/c1-3-10-11(12(20)16-2)17-18-19(10)8-4-6-9(7-5-8)21-13(14)15/h4-7,13H,3H2,1-2H3,(H,16,20). The van der Waals surface area contributed by atoms with E-state index in [1.54, 1.807) is 12.1 Å². The van der Waals surface area contributed by atoms with Gasteiger partial charge in [0.25, 0.3) is 5.91 Å². The number of benzene rings is 1. The third-order valence-corrected chi connectivity index (χ3v) is 2.85. The molecule has 0 spiro atoms. The molecular weight excluding hydrogens is 282 g/mol. The molecule has 0 aliphatic carbocycles. The van der Waals surface area contributed by atoms with E-state index >= 15 is 0 Å². The number of hydrogen-bond donors (Lipinski definition) is 1.